The minimum Gasteiger partial charge on any atom is -0.452 e. The van der Waals surface area contributed by atoms with Crippen molar-refractivity contribution < 1.29 is 19.1 Å². The normalized spacial score (nSPS) is 9.96. The number of nitrogens with one attached hydrogen (secondary N) is 1. The number of hydrogen-bond donors (Lipinski definition) is 2. The molecule has 3 N–H and O–H groups in total. The molecule has 118 valence electrons. The summed E-state index contributed by atoms with van der Waals surface area (Å²) in [6.07, 6.45) is 0. The fraction of sp³-hybridized carbons (Fsp3) is 0.0625. The lowest BCUT2D eigenvalue weighted by Crippen LogP contribution is -2.21. The second-order valence-electron chi connectivity index (χ2n) is 4.55. The smallest absolute Gasteiger partial charge is 0.340 e. The second-order valence-corrected chi connectivity index (χ2v) is 4.95. The van der Waals surface area contributed by atoms with E-state index in [1.165, 1.54) is 30.3 Å². The van der Waals surface area contributed by atoms with Gasteiger partial charge < -0.3 is 15.8 Å². The highest BCUT2D eigenvalue weighted by Gasteiger charge is 2.13. The highest BCUT2D eigenvalue weighted by atomic mass is 35.5. The van der Waals surface area contributed by atoms with Crippen molar-refractivity contribution in [3.63, 3.8) is 0 Å². The van der Waals surface area contributed by atoms with E-state index in [-0.39, 0.29) is 10.6 Å². The molecule has 0 bridgehead atoms. The van der Waals surface area contributed by atoms with Crippen molar-refractivity contribution >= 4 is 35.1 Å². The first-order valence-electron chi connectivity index (χ1n) is 6.59. The third-order valence-electron chi connectivity index (χ3n) is 2.88. The van der Waals surface area contributed by atoms with Gasteiger partial charge in [0.1, 0.15) is 0 Å². The van der Waals surface area contributed by atoms with E-state index < -0.39 is 24.4 Å². The average Bonchev–Trinajstić information content (AvgIpc) is 2.53. The molecule has 2 rings (SSSR count). The van der Waals surface area contributed by atoms with E-state index >= 15 is 0 Å². The van der Waals surface area contributed by atoms with Gasteiger partial charge in [0.25, 0.3) is 5.91 Å². The number of rotatable bonds is 5. The summed E-state index contributed by atoms with van der Waals surface area (Å²) in [5.74, 6) is -1.76. The van der Waals surface area contributed by atoms with Crippen molar-refractivity contribution in [3.8, 4) is 0 Å². The van der Waals surface area contributed by atoms with Crippen molar-refractivity contribution in [1.82, 2.24) is 0 Å². The number of amides is 2. The Bertz CT molecular complexity index is 744. The Morgan fingerprint density at radius 3 is 2.30 bits per heavy atom. The highest BCUT2D eigenvalue weighted by Crippen LogP contribution is 2.16. The van der Waals surface area contributed by atoms with Gasteiger partial charge in [-0.3, -0.25) is 9.59 Å². The summed E-state index contributed by atoms with van der Waals surface area (Å²) < 4.78 is 4.90. The number of esters is 1. The molecule has 2 aromatic carbocycles. The first-order chi connectivity index (χ1) is 11.0. The molecule has 0 spiro atoms. The first kappa shape index (κ1) is 16.5. The van der Waals surface area contributed by atoms with Crippen LogP contribution in [0.3, 0.4) is 0 Å². The molecule has 0 aliphatic carbocycles. The minimum absolute atomic E-state index is 0.188. The van der Waals surface area contributed by atoms with E-state index in [1.807, 2.05) is 0 Å². The third kappa shape index (κ3) is 4.55. The van der Waals surface area contributed by atoms with Crippen molar-refractivity contribution in [2.24, 2.45) is 5.73 Å². The number of benzene rings is 2. The molecule has 6 nitrogen and oxygen atoms in total. The van der Waals surface area contributed by atoms with Gasteiger partial charge in [-0.25, -0.2) is 4.79 Å². The standard InChI is InChI=1S/C16H13ClN2O4/c17-13-4-2-1-3-12(13)16(22)23-9-14(20)19-11-7-5-10(6-8-11)15(18)21/h1-8H,9H2,(H2,18,21)(H,19,20). The third-order valence-corrected chi connectivity index (χ3v) is 3.21. The number of hydrogen-bond acceptors (Lipinski definition) is 4. The average molecular weight is 333 g/mol. The molecular formula is C16H13ClN2O4. The van der Waals surface area contributed by atoms with Crippen LogP contribution >= 0.6 is 11.6 Å². The Balaban J connectivity index is 1.89. The topological polar surface area (TPSA) is 98.5 Å². The van der Waals surface area contributed by atoms with Crippen LogP contribution in [0.15, 0.2) is 48.5 Å². The van der Waals surface area contributed by atoms with E-state index in [0.717, 1.165) is 0 Å². The molecule has 23 heavy (non-hydrogen) atoms. The summed E-state index contributed by atoms with van der Waals surface area (Å²) in [6.45, 7) is -0.457. The van der Waals surface area contributed by atoms with E-state index in [9.17, 15) is 14.4 Å². The quantitative estimate of drug-likeness (QED) is 0.820. The Kier molecular flexibility index (Phi) is 5.32. The summed E-state index contributed by atoms with van der Waals surface area (Å²) in [6, 6.07) is 12.4. The molecule has 0 saturated heterocycles. The van der Waals surface area contributed by atoms with Gasteiger partial charge in [-0.15, -0.1) is 0 Å². The van der Waals surface area contributed by atoms with Crippen LogP contribution in [0, 0.1) is 0 Å². The van der Waals surface area contributed by atoms with E-state index in [4.69, 9.17) is 22.1 Å². The van der Waals surface area contributed by atoms with Crippen molar-refractivity contribution in [2.75, 3.05) is 11.9 Å². The van der Waals surface area contributed by atoms with Crippen LogP contribution < -0.4 is 11.1 Å². The summed E-state index contributed by atoms with van der Waals surface area (Å²) >= 11 is 5.87. The summed E-state index contributed by atoms with van der Waals surface area (Å²) in [7, 11) is 0. The van der Waals surface area contributed by atoms with Gasteiger partial charge in [0.05, 0.1) is 10.6 Å². The van der Waals surface area contributed by atoms with Gasteiger partial charge >= 0.3 is 5.97 Å². The molecule has 2 aromatic rings. The second kappa shape index (κ2) is 7.42. The van der Waals surface area contributed by atoms with Gasteiger partial charge in [-0.2, -0.15) is 0 Å². The van der Waals surface area contributed by atoms with Crippen molar-refractivity contribution in [2.45, 2.75) is 0 Å². The number of primary amides is 1. The van der Waals surface area contributed by atoms with Gasteiger partial charge in [0.15, 0.2) is 6.61 Å². The van der Waals surface area contributed by atoms with Crippen LogP contribution in [0.2, 0.25) is 5.02 Å². The molecule has 0 radical (unpaired) electrons. The zero-order valence-electron chi connectivity index (χ0n) is 11.9. The molecule has 0 aliphatic heterocycles. The highest BCUT2D eigenvalue weighted by molar-refractivity contribution is 6.33. The fourth-order valence-electron chi connectivity index (χ4n) is 1.75. The van der Waals surface area contributed by atoms with Crippen LogP contribution in [0.5, 0.6) is 0 Å². The number of anilines is 1. The van der Waals surface area contributed by atoms with E-state index in [1.54, 1.807) is 18.2 Å². The SMILES string of the molecule is NC(=O)c1ccc(NC(=O)COC(=O)c2ccccc2Cl)cc1. The molecule has 0 aromatic heterocycles. The number of carbonyl (C=O) groups is 3. The zero-order valence-corrected chi connectivity index (χ0v) is 12.7. The van der Waals surface area contributed by atoms with Crippen molar-refractivity contribution in [3.05, 3.63) is 64.7 Å². The Morgan fingerprint density at radius 1 is 1.04 bits per heavy atom. The predicted molar refractivity (Wildman–Crippen MR) is 85.3 cm³/mol. The molecule has 2 amide bonds. The molecule has 0 heterocycles. The van der Waals surface area contributed by atoms with Gasteiger partial charge in [-0.1, -0.05) is 23.7 Å². The van der Waals surface area contributed by atoms with Gasteiger partial charge in [-0.05, 0) is 36.4 Å². The zero-order chi connectivity index (χ0) is 16.8. The molecule has 0 fully saturated rings. The predicted octanol–water partition coefficient (Wildman–Crippen LogP) is 2.23. The molecule has 0 atom stereocenters. The maximum Gasteiger partial charge on any atom is 0.340 e. The fourth-order valence-corrected chi connectivity index (χ4v) is 1.96. The van der Waals surface area contributed by atoms with Gasteiger partial charge in [0, 0.05) is 11.3 Å². The molecule has 0 saturated carbocycles. The molecule has 0 unspecified atom stereocenters. The lowest BCUT2D eigenvalue weighted by atomic mass is 10.2. The Labute approximate surface area is 137 Å². The van der Waals surface area contributed by atoms with Gasteiger partial charge in [0.2, 0.25) is 5.91 Å². The van der Waals surface area contributed by atoms with E-state index in [0.29, 0.717) is 11.3 Å². The first-order valence-corrected chi connectivity index (χ1v) is 6.96. The molecule has 7 heteroatoms. The largest absolute Gasteiger partial charge is 0.452 e. The number of ether oxygens (including phenoxy) is 1. The summed E-state index contributed by atoms with van der Waals surface area (Å²) in [4.78, 5) is 34.5. The van der Waals surface area contributed by atoms with Crippen LogP contribution in [-0.2, 0) is 9.53 Å². The van der Waals surface area contributed by atoms with Crippen LogP contribution in [0.4, 0.5) is 5.69 Å². The Hall–Kier alpha value is -2.86. The van der Waals surface area contributed by atoms with Crippen LogP contribution in [0.1, 0.15) is 20.7 Å². The Morgan fingerprint density at radius 2 is 1.70 bits per heavy atom. The summed E-state index contributed by atoms with van der Waals surface area (Å²) in [5.41, 5.74) is 6.09. The number of carbonyl (C=O) groups excluding carboxylic acids is 3. The van der Waals surface area contributed by atoms with Crippen molar-refractivity contribution in [1.29, 1.82) is 0 Å². The minimum atomic E-state index is -0.685. The number of halogens is 1. The lowest BCUT2D eigenvalue weighted by Gasteiger charge is -2.07. The van der Waals surface area contributed by atoms with Crippen LogP contribution in [0.25, 0.3) is 0 Å². The van der Waals surface area contributed by atoms with Crippen LogP contribution in [-0.4, -0.2) is 24.4 Å². The lowest BCUT2D eigenvalue weighted by molar-refractivity contribution is -0.119. The maximum atomic E-state index is 11.8. The monoisotopic (exact) mass is 332 g/mol. The maximum absolute atomic E-state index is 11.8. The molecular weight excluding hydrogens is 320 g/mol. The summed E-state index contributed by atoms with van der Waals surface area (Å²) in [5, 5.41) is 2.78. The van der Waals surface area contributed by atoms with E-state index in [2.05, 4.69) is 5.32 Å². The number of nitrogens with two attached hydrogens (primary N) is 1. The molecule has 0 aliphatic rings.